The van der Waals surface area contributed by atoms with Gasteiger partial charge in [-0.3, -0.25) is 4.79 Å². The van der Waals surface area contributed by atoms with Gasteiger partial charge >= 0.3 is 0 Å². The van der Waals surface area contributed by atoms with E-state index in [0.29, 0.717) is 0 Å². The van der Waals surface area contributed by atoms with Crippen LogP contribution in [0.3, 0.4) is 0 Å². The Hall–Kier alpha value is -2.33. The molecule has 1 fully saturated rings. The van der Waals surface area contributed by atoms with Gasteiger partial charge in [0, 0.05) is 19.6 Å². The van der Waals surface area contributed by atoms with E-state index in [1.807, 2.05) is 49.1 Å². The van der Waals surface area contributed by atoms with E-state index in [1.165, 1.54) is 5.56 Å². The molecule has 0 aliphatic carbocycles. The Labute approximate surface area is 150 Å². The van der Waals surface area contributed by atoms with Crippen LogP contribution in [0.5, 0.6) is 5.75 Å². The van der Waals surface area contributed by atoms with Crippen LogP contribution in [0.4, 0.5) is 0 Å². The van der Waals surface area contributed by atoms with Gasteiger partial charge in [-0.15, -0.1) is 0 Å². The topological polar surface area (TPSA) is 32.8 Å². The van der Waals surface area contributed by atoms with Crippen molar-refractivity contribution in [3.63, 3.8) is 0 Å². The number of likely N-dealkylation sites (N-methyl/N-ethyl adjacent to an activating group) is 1. The summed E-state index contributed by atoms with van der Waals surface area (Å²) in [4.78, 5) is 17.1. The molecule has 0 aromatic heterocycles. The molecule has 0 radical (unpaired) electrons. The highest BCUT2D eigenvalue weighted by atomic mass is 16.5. The molecule has 0 bridgehead atoms. The molecule has 1 amide bonds. The van der Waals surface area contributed by atoms with Crippen molar-refractivity contribution < 1.29 is 9.53 Å². The van der Waals surface area contributed by atoms with Gasteiger partial charge in [0.05, 0.1) is 6.04 Å². The highest BCUT2D eigenvalue weighted by Gasteiger charge is 2.30. The number of hydrogen-bond acceptors (Lipinski definition) is 3. The summed E-state index contributed by atoms with van der Waals surface area (Å²) in [7, 11) is 2.10. The maximum Gasteiger partial charge on any atom is 0.261 e. The first-order valence-corrected chi connectivity index (χ1v) is 8.77. The van der Waals surface area contributed by atoms with Crippen LogP contribution < -0.4 is 4.74 Å². The van der Waals surface area contributed by atoms with Crippen molar-refractivity contribution in [1.29, 1.82) is 0 Å². The molecule has 4 heteroatoms. The highest BCUT2D eigenvalue weighted by molar-refractivity contribution is 5.78. The lowest BCUT2D eigenvalue weighted by atomic mass is 10.0. The van der Waals surface area contributed by atoms with E-state index in [4.69, 9.17) is 4.74 Å². The van der Waals surface area contributed by atoms with Crippen molar-refractivity contribution in [1.82, 2.24) is 9.80 Å². The predicted octanol–water partition coefficient (Wildman–Crippen LogP) is 3.20. The van der Waals surface area contributed by atoms with E-state index in [-0.39, 0.29) is 18.6 Å². The second-order valence-corrected chi connectivity index (χ2v) is 6.83. The third-order valence-electron chi connectivity index (χ3n) is 4.78. The fourth-order valence-corrected chi connectivity index (χ4v) is 3.26. The largest absolute Gasteiger partial charge is 0.483 e. The summed E-state index contributed by atoms with van der Waals surface area (Å²) in [6.45, 7) is 6.57. The molecule has 25 heavy (non-hydrogen) atoms. The summed E-state index contributed by atoms with van der Waals surface area (Å²) in [5.74, 6) is 0.835. The summed E-state index contributed by atoms with van der Waals surface area (Å²) >= 11 is 0. The highest BCUT2D eigenvalue weighted by Crippen LogP contribution is 2.25. The number of nitrogens with zero attached hydrogens (tertiary/aromatic N) is 2. The molecule has 1 aliphatic rings. The molecule has 1 aliphatic heterocycles. The van der Waals surface area contributed by atoms with Gasteiger partial charge < -0.3 is 14.5 Å². The number of carbonyl (C=O) groups excluding carboxylic acids is 1. The van der Waals surface area contributed by atoms with Gasteiger partial charge in [0.2, 0.25) is 0 Å². The average Bonchev–Trinajstić information content (AvgIpc) is 2.63. The van der Waals surface area contributed by atoms with Crippen LogP contribution in [0.1, 0.15) is 22.7 Å². The first-order chi connectivity index (χ1) is 12.0. The number of ether oxygens (including phenoxy) is 1. The molecule has 3 rings (SSSR count). The Balaban J connectivity index is 1.72. The zero-order valence-corrected chi connectivity index (χ0v) is 15.2. The van der Waals surface area contributed by atoms with E-state index >= 15 is 0 Å². The minimum absolute atomic E-state index is 0.0443. The molecule has 2 aromatic carbocycles. The van der Waals surface area contributed by atoms with Gasteiger partial charge in [-0.1, -0.05) is 42.5 Å². The number of rotatable bonds is 4. The van der Waals surface area contributed by atoms with Crippen LogP contribution in [0.15, 0.2) is 48.5 Å². The minimum Gasteiger partial charge on any atom is -0.483 e. The second-order valence-electron chi connectivity index (χ2n) is 6.83. The third-order valence-corrected chi connectivity index (χ3v) is 4.78. The zero-order chi connectivity index (χ0) is 17.8. The number of amides is 1. The van der Waals surface area contributed by atoms with E-state index < -0.39 is 0 Å². The lowest BCUT2D eigenvalue weighted by molar-refractivity contribution is -0.138. The molecular formula is C21H26N2O2. The van der Waals surface area contributed by atoms with E-state index in [9.17, 15) is 4.79 Å². The Kier molecular flexibility index (Phi) is 5.39. The van der Waals surface area contributed by atoms with Gasteiger partial charge in [-0.2, -0.15) is 0 Å². The minimum atomic E-state index is 0.0443. The second kappa shape index (κ2) is 7.70. The fourth-order valence-electron chi connectivity index (χ4n) is 3.26. The Morgan fingerprint density at radius 2 is 1.88 bits per heavy atom. The molecule has 2 aromatic rings. The van der Waals surface area contributed by atoms with Crippen molar-refractivity contribution in [2.45, 2.75) is 19.9 Å². The van der Waals surface area contributed by atoms with Crippen LogP contribution in [0.25, 0.3) is 0 Å². The molecule has 0 N–H and O–H groups in total. The lowest BCUT2D eigenvalue weighted by Gasteiger charge is -2.40. The number of benzene rings is 2. The predicted molar refractivity (Wildman–Crippen MR) is 99.8 cm³/mol. The van der Waals surface area contributed by atoms with Crippen molar-refractivity contribution in [2.75, 3.05) is 33.3 Å². The van der Waals surface area contributed by atoms with Gasteiger partial charge in [-0.05, 0) is 43.7 Å². The normalized spacial score (nSPS) is 18.2. The molecule has 1 heterocycles. The smallest absolute Gasteiger partial charge is 0.261 e. The van der Waals surface area contributed by atoms with E-state index in [0.717, 1.165) is 36.5 Å². The van der Waals surface area contributed by atoms with Crippen molar-refractivity contribution in [3.05, 3.63) is 65.2 Å². The number of hydrogen-bond donors (Lipinski definition) is 0. The van der Waals surface area contributed by atoms with Gasteiger partial charge in [0.25, 0.3) is 5.91 Å². The van der Waals surface area contributed by atoms with Crippen molar-refractivity contribution >= 4 is 5.91 Å². The summed E-state index contributed by atoms with van der Waals surface area (Å²) < 4.78 is 5.84. The molecule has 1 atom stereocenters. The Morgan fingerprint density at radius 3 is 2.64 bits per heavy atom. The molecule has 132 valence electrons. The van der Waals surface area contributed by atoms with Crippen molar-refractivity contribution in [2.24, 2.45) is 0 Å². The SMILES string of the molecule is Cc1ccc(C)c(OCC(=O)N2CCN(C)CC2c2ccccc2)c1. The van der Waals surface area contributed by atoms with E-state index in [1.54, 1.807) is 0 Å². The van der Waals surface area contributed by atoms with Crippen molar-refractivity contribution in [3.8, 4) is 5.75 Å². The molecular weight excluding hydrogens is 312 g/mol. The molecule has 4 nitrogen and oxygen atoms in total. The standard InChI is InChI=1S/C21H26N2O2/c1-16-9-10-17(2)20(13-16)25-15-21(24)23-12-11-22(3)14-19(23)18-7-5-4-6-8-18/h4-10,13,19H,11-12,14-15H2,1-3H3. The maximum atomic E-state index is 12.8. The van der Waals surface area contributed by atoms with Crippen LogP contribution >= 0.6 is 0 Å². The van der Waals surface area contributed by atoms with Crippen LogP contribution in [-0.4, -0.2) is 49.0 Å². The summed E-state index contributed by atoms with van der Waals surface area (Å²) in [6.07, 6.45) is 0. The van der Waals surface area contributed by atoms with Gasteiger partial charge in [0.1, 0.15) is 5.75 Å². The quantitative estimate of drug-likeness (QED) is 0.858. The molecule has 1 saturated heterocycles. The molecule has 1 unspecified atom stereocenters. The van der Waals surface area contributed by atoms with Crippen LogP contribution in [-0.2, 0) is 4.79 Å². The molecule has 0 spiro atoms. The first-order valence-electron chi connectivity index (χ1n) is 8.77. The third kappa shape index (κ3) is 4.20. The lowest BCUT2D eigenvalue weighted by Crippen LogP contribution is -2.50. The summed E-state index contributed by atoms with van der Waals surface area (Å²) in [6, 6.07) is 16.4. The van der Waals surface area contributed by atoms with E-state index in [2.05, 4.69) is 30.1 Å². The Bertz CT molecular complexity index is 730. The first kappa shape index (κ1) is 17.5. The average molecular weight is 338 g/mol. The Morgan fingerprint density at radius 1 is 1.12 bits per heavy atom. The zero-order valence-electron chi connectivity index (χ0n) is 15.2. The van der Waals surface area contributed by atoms with Gasteiger partial charge in [-0.25, -0.2) is 0 Å². The molecule has 0 saturated carbocycles. The summed E-state index contributed by atoms with van der Waals surface area (Å²) in [5.41, 5.74) is 3.36. The van der Waals surface area contributed by atoms with Crippen LogP contribution in [0.2, 0.25) is 0 Å². The fraction of sp³-hybridized carbons (Fsp3) is 0.381. The number of aryl methyl sites for hydroxylation is 2. The van der Waals surface area contributed by atoms with Gasteiger partial charge in [0.15, 0.2) is 6.61 Å². The maximum absolute atomic E-state index is 12.8. The number of piperazine rings is 1. The summed E-state index contributed by atoms with van der Waals surface area (Å²) in [5, 5.41) is 0. The number of carbonyl (C=O) groups is 1. The van der Waals surface area contributed by atoms with Crippen LogP contribution in [0, 0.1) is 13.8 Å². The monoisotopic (exact) mass is 338 g/mol.